The molecule has 8 heteroatoms. The quantitative estimate of drug-likeness (QED) is 0.392. The maximum Gasteiger partial charge on any atom is 0.240 e. The number of fused-ring (bicyclic) bond motifs is 1. The summed E-state index contributed by atoms with van der Waals surface area (Å²) in [5.41, 5.74) is 5.24. The van der Waals surface area contributed by atoms with Crippen molar-refractivity contribution in [2.24, 2.45) is 5.73 Å². The highest BCUT2D eigenvalue weighted by molar-refractivity contribution is 7.89. The Hall–Kier alpha value is -1.80. The molecular formula is C13H19N3O4S. The molecule has 0 aliphatic carbocycles. The van der Waals surface area contributed by atoms with Gasteiger partial charge in [-0.1, -0.05) is 0 Å². The number of amidine groups is 1. The third kappa shape index (κ3) is 4.33. The minimum Gasteiger partial charge on any atom is -0.486 e. The summed E-state index contributed by atoms with van der Waals surface area (Å²) < 4.78 is 37.5. The number of hydrogen-bond acceptors (Lipinski definition) is 5. The van der Waals surface area contributed by atoms with Crippen molar-refractivity contribution in [3.05, 3.63) is 18.2 Å². The first-order valence-corrected chi connectivity index (χ1v) is 8.19. The van der Waals surface area contributed by atoms with Gasteiger partial charge in [0.25, 0.3) is 0 Å². The molecule has 0 radical (unpaired) electrons. The topological polar surface area (TPSA) is 114 Å². The van der Waals surface area contributed by atoms with Crippen LogP contribution in [0.2, 0.25) is 0 Å². The molecule has 0 amide bonds. The van der Waals surface area contributed by atoms with E-state index in [0.29, 0.717) is 50.5 Å². The summed E-state index contributed by atoms with van der Waals surface area (Å²) in [5, 5.41) is 7.09. The van der Waals surface area contributed by atoms with Gasteiger partial charge in [-0.05, 0) is 25.0 Å². The zero-order valence-corrected chi connectivity index (χ0v) is 12.4. The minimum atomic E-state index is -3.56. The molecule has 4 N–H and O–H groups in total. The van der Waals surface area contributed by atoms with Gasteiger partial charge >= 0.3 is 0 Å². The maximum absolute atomic E-state index is 12.1. The number of rotatable bonds is 7. The fourth-order valence-electron chi connectivity index (χ4n) is 1.92. The Morgan fingerprint density at radius 3 is 2.67 bits per heavy atom. The lowest BCUT2D eigenvalue weighted by molar-refractivity contribution is 0.171. The van der Waals surface area contributed by atoms with Gasteiger partial charge in [-0.3, -0.25) is 5.41 Å². The lowest BCUT2D eigenvalue weighted by Crippen LogP contribution is -2.25. The van der Waals surface area contributed by atoms with Gasteiger partial charge in [-0.2, -0.15) is 0 Å². The van der Waals surface area contributed by atoms with Crippen LogP contribution in [-0.2, 0) is 10.0 Å². The van der Waals surface area contributed by atoms with E-state index in [1.807, 2.05) is 0 Å². The average molecular weight is 313 g/mol. The zero-order valence-electron chi connectivity index (χ0n) is 11.6. The third-order valence-electron chi connectivity index (χ3n) is 2.99. The van der Waals surface area contributed by atoms with Gasteiger partial charge < -0.3 is 15.2 Å². The van der Waals surface area contributed by atoms with Gasteiger partial charge in [0.15, 0.2) is 11.5 Å². The monoisotopic (exact) mass is 313 g/mol. The molecule has 1 aliphatic rings. The van der Waals surface area contributed by atoms with Crippen molar-refractivity contribution in [1.29, 1.82) is 5.41 Å². The molecule has 21 heavy (non-hydrogen) atoms. The van der Waals surface area contributed by atoms with Gasteiger partial charge in [0.2, 0.25) is 10.0 Å². The molecule has 7 nitrogen and oxygen atoms in total. The summed E-state index contributed by atoms with van der Waals surface area (Å²) in [6.07, 6.45) is 1.79. The predicted octanol–water partition coefficient (Wildman–Crippen LogP) is 0.842. The lowest BCUT2D eigenvalue weighted by Gasteiger charge is -2.18. The van der Waals surface area contributed by atoms with Gasteiger partial charge in [-0.25, -0.2) is 13.1 Å². The number of nitrogens with one attached hydrogen (secondary N) is 2. The second-order valence-corrected chi connectivity index (χ2v) is 6.45. The molecule has 1 aliphatic heterocycles. The molecule has 1 aromatic rings. The van der Waals surface area contributed by atoms with Crippen molar-refractivity contribution in [1.82, 2.24) is 4.72 Å². The highest BCUT2D eigenvalue weighted by atomic mass is 32.2. The number of nitrogens with two attached hydrogens (primary N) is 1. The number of unbranched alkanes of at least 4 members (excludes halogenated alkanes) is 1. The Kier molecular flexibility index (Phi) is 5.03. The van der Waals surface area contributed by atoms with Crippen LogP contribution in [0.25, 0.3) is 0 Å². The van der Waals surface area contributed by atoms with Crippen molar-refractivity contribution < 1.29 is 17.9 Å². The van der Waals surface area contributed by atoms with E-state index in [1.165, 1.54) is 12.1 Å². The van der Waals surface area contributed by atoms with Crippen molar-refractivity contribution in [2.45, 2.75) is 24.2 Å². The first-order valence-electron chi connectivity index (χ1n) is 6.71. The van der Waals surface area contributed by atoms with Crippen LogP contribution >= 0.6 is 0 Å². The third-order valence-corrected chi connectivity index (χ3v) is 4.45. The standard InChI is InChI=1S/C13H19N3O4S/c14-13(15)3-1-2-6-16-21(17,18)10-4-5-11-12(9-10)20-8-7-19-11/h4-5,9,16H,1-3,6-8H2,(H3,14,15). The number of ether oxygens (including phenoxy) is 2. The summed E-state index contributed by atoms with van der Waals surface area (Å²) in [6.45, 7) is 1.19. The second kappa shape index (κ2) is 6.77. The van der Waals surface area contributed by atoms with Gasteiger partial charge in [0.1, 0.15) is 13.2 Å². The summed E-state index contributed by atoms with van der Waals surface area (Å²) in [5.74, 6) is 1.12. The van der Waals surface area contributed by atoms with E-state index in [1.54, 1.807) is 6.07 Å². The fraction of sp³-hybridized carbons (Fsp3) is 0.462. The van der Waals surface area contributed by atoms with Gasteiger partial charge in [0.05, 0.1) is 10.7 Å². The molecule has 0 bridgehead atoms. The number of sulfonamides is 1. The van der Waals surface area contributed by atoms with Crippen LogP contribution in [0.3, 0.4) is 0 Å². The summed E-state index contributed by atoms with van der Waals surface area (Å²) >= 11 is 0. The molecule has 0 aromatic heterocycles. The molecule has 0 atom stereocenters. The molecule has 116 valence electrons. The molecule has 2 rings (SSSR count). The second-order valence-electron chi connectivity index (χ2n) is 4.69. The summed E-state index contributed by atoms with van der Waals surface area (Å²) in [4.78, 5) is 0.151. The van der Waals surface area contributed by atoms with E-state index in [2.05, 4.69) is 4.72 Å². The lowest BCUT2D eigenvalue weighted by atomic mass is 10.2. The Bertz CT molecular complexity index is 616. The van der Waals surface area contributed by atoms with Crippen molar-refractivity contribution >= 4 is 15.9 Å². The van der Waals surface area contributed by atoms with Crippen LogP contribution in [0.5, 0.6) is 11.5 Å². The van der Waals surface area contributed by atoms with Crippen LogP contribution in [0.4, 0.5) is 0 Å². The summed E-state index contributed by atoms with van der Waals surface area (Å²) in [7, 11) is -3.56. The fourth-order valence-corrected chi connectivity index (χ4v) is 3.01. The smallest absolute Gasteiger partial charge is 0.240 e. The van der Waals surface area contributed by atoms with E-state index in [9.17, 15) is 8.42 Å². The van der Waals surface area contributed by atoms with Crippen LogP contribution in [0.15, 0.2) is 23.1 Å². The van der Waals surface area contributed by atoms with Gasteiger partial charge in [0, 0.05) is 19.0 Å². The molecule has 0 spiro atoms. The molecule has 0 saturated carbocycles. The van der Waals surface area contributed by atoms with Crippen molar-refractivity contribution in [2.75, 3.05) is 19.8 Å². The normalized spacial score (nSPS) is 13.9. The SMILES string of the molecule is N=C(N)CCCCNS(=O)(=O)c1ccc2c(c1)OCCO2. The van der Waals surface area contributed by atoms with Crippen LogP contribution in [0, 0.1) is 5.41 Å². The summed E-state index contributed by atoms with van der Waals surface area (Å²) in [6, 6.07) is 4.55. The maximum atomic E-state index is 12.1. The highest BCUT2D eigenvalue weighted by Crippen LogP contribution is 2.32. The van der Waals surface area contributed by atoms with Crippen molar-refractivity contribution in [3.8, 4) is 11.5 Å². The van der Waals surface area contributed by atoms with Crippen LogP contribution in [-0.4, -0.2) is 34.0 Å². The first kappa shape index (κ1) is 15.6. The zero-order chi connectivity index (χ0) is 15.3. The predicted molar refractivity (Wildman–Crippen MR) is 78.4 cm³/mol. The largest absolute Gasteiger partial charge is 0.486 e. The van der Waals surface area contributed by atoms with E-state index in [4.69, 9.17) is 20.6 Å². The van der Waals surface area contributed by atoms with Crippen LogP contribution in [0.1, 0.15) is 19.3 Å². The Balaban J connectivity index is 1.94. The van der Waals surface area contributed by atoms with E-state index >= 15 is 0 Å². The minimum absolute atomic E-state index is 0.115. The van der Waals surface area contributed by atoms with E-state index in [0.717, 1.165) is 0 Å². The highest BCUT2D eigenvalue weighted by Gasteiger charge is 2.18. The molecule has 0 unspecified atom stereocenters. The van der Waals surface area contributed by atoms with Crippen molar-refractivity contribution in [3.63, 3.8) is 0 Å². The van der Waals surface area contributed by atoms with E-state index in [-0.39, 0.29) is 10.7 Å². The average Bonchev–Trinajstić information content (AvgIpc) is 2.46. The molecular weight excluding hydrogens is 294 g/mol. The number of hydrogen-bond donors (Lipinski definition) is 3. The molecule has 0 saturated heterocycles. The van der Waals surface area contributed by atoms with Gasteiger partial charge in [-0.15, -0.1) is 0 Å². The Labute approximate surface area is 124 Å². The Morgan fingerprint density at radius 1 is 1.24 bits per heavy atom. The Morgan fingerprint density at radius 2 is 1.95 bits per heavy atom. The molecule has 0 fully saturated rings. The molecule has 1 aromatic carbocycles. The van der Waals surface area contributed by atoms with Crippen LogP contribution < -0.4 is 19.9 Å². The number of benzene rings is 1. The van der Waals surface area contributed by atoms with E-state index < -0.39 is 10.0 Å². The first-order chi connectivity index (χ1) is 9.99. The molecule has 1 heterocycles.